The van der Waals surface area contributed by atoms with Crippen molar-refractivity contribution in [1.29, 1.82) is 0 Å². The van der Waals surface area contributed by atoms with Crippen molar-refractivity contribution < 1.29 is 27.8 Å². The maximum Gasteiger partial charge on any atom is 0.490 e. The van der Waals surface area contributed by atoms with Gasteiger partial charge in [0.2, 0.25) is 0 Å². The highest BCUT2D eigenvalue weighted by Crippen LogP contribution is 2.35. The Morgan fingerprint density at radius 3 is 2.70 bits per heavy atom. The quantitative estimate of drug-likeness (QED) is 0.701. The summed E-state index contributed by atoms with van der Waals surface area (Å²) in [5.41, 5.74) is 2.79. The fourth-order valence-corrected chi connectivity index (χ4v) is 4.04. The minimum Gasteiger partial charge on any atom is -0.475 e. The molecule has 0 saturated heterocycles. The van der Waals surface area contributed by atoms with E-state index < -0.39 is 12.1 Å². The van der Waals surface area contributed by atoms with Crippen molar-refractivity contribution in [2.75, 3.05) is 19.8 Å². The van der Waals surface area contributed by atoms with Crippen LogP contribution in [0.15, 0.2) is 17.8 Å². The molecule has 0 aromatic carbocycles. The van der Waals surface area contributed by atoms with Crippen LogP contribution in [-0.4, -0.2) is 56.7 Å². The lowest BCUT2D eigenvalue weighted by Crippen LogP contribution is -2.38. The van der Waals surface area contributed by atoms with E-state index in [9.17, 15) is 13.2 Å². The number of carboxylic acids is 1. The van der Waals surface area contributed by atoms with Crippen molar-refractivity contribution >= 4 is 17.3 Å². The van der Waals surface area contributed by atoms with Gasteiger partial charge >= 0.3 is 12.1 Å². The minimum atomic E-state index is -5.08. The first-order chi connectivity index (χ1) is 14.3. The van der Waals surface area contributed by atoms with Crippen LogP contribution in [0, 0.1) is 5.92 Å². The number of nitrogens with zero attached hydrogens (tertiary/aromatic N) is 4. The number of carboxylic acid groups (broad SMARTS) is 1. The summed E-state index contributed by atoms with van der Waals surface area (Å²) >= 11 is 1.73. The SMILES string of the molecule is CCOCC1c2c(cnn2CC2CC2)CCN1Cc1nccs1.O=C(O)C(F)(F)F. The second-order valence-corrected chi connectivity index (χ2v) is 8.28. The van der Waals surface area contributed by atoms with Gasteiger partial charge in [0.05, 0.1) is 31.1 Å². The van der Waals surface area contributed by atoms with Gasteiger partial charge < -0.3 is 9.84 Å². The van der Waals surface area contributed by atoms with Crippen LogP contribution in [-0.2, 0) is 29.0 Å². The molecular weight excluding hydrogens is 421 g/mol. The first-order valence-electron chi connectivity index (χ1n) is 9.84. The summed E-state index contributed by atoms with van der Waals surface area (Å²) in [7, 11) is 0. The molecule has 1 N–H and O–H groups in total. The molecule has 0 amide bonds. The van der Waals surface area contributed by atoms with Crippen LogP contribution in [0.4, 0.5) is 13.2 Å². The van der Waals surface area contributed by atoms with E-state index in [1.165, 1.54) is 29.1 Å². The number of hydrogen-bond donors (Lipinski definition) is 1. The van der Waals surface area contributed by atoms with Gasteiger partial charge in [0.25, 0.3) is 0 Å². The first kappa shape index (κ1) is 22.7. The third-order valence-electron chi connectivity index (χ3n) is 5.06. The fourth-order valence-electron chi connectivity index (χ4n) is 3.40. The molecule has 166 valence electrons. The van der Waals surface area contributed by atoms with Gasteiger partial charge in [-0.05, 0) is 37.7 Å². The predicted molar refractivity (Wildman–Crippen MR) is 104 cm³/mol. The first-order valence-corrected chi connectivity index (χ1v) is 10.7. The third-order valence-corrected chi connectivity index (χ3v) is 5.82. The molecule has 1 saturated carbocycles. The molecule has 0 radical (unpaired) electrons. The van der Waals surface area contributed by atoms with E-state index in [-0.39, 0.29) is 0 Å². The molecule has 1 fully saturated rings. The Labute approximate surface area is 176 Å². The summed E-state index contributed by atoms with van der Waals surface area (Å²) in [6.45, 7) is 6.60. The molecule has 4 rings (SSSR count). The lowest BCUT2D eigenvalue weighted by molar-refractivity contribution is -0.192. The molecule has 1 aliphatic heterocycles. The van der Waals surface area contributed by atoms with Gasteiger partial charge in [0, 0.05) is 31.3 Å². The topological polar surface area (TPSA) is 80.5 Å². The van der Waals surface area contributed by atoms with E-state index in [2.05, 4.69) is 38.2 Å². The molecule has 3 heterocycles. The number of fused-ring (bicyclic) bond motifs is 1. The van der Waals surface area contributed by atoms with Crippen molar-refractivity contribution in [2.24, 2.45) is 5.92 Å². The summed E-state index contributed by atoms with van der Waals surface area (Å²) in [6.07, 6.45) is 2.68. The Bertz CT molecular complexity index is 822. The highest BCUT2D eigenvalue weighted by atomic mass is 32.1. The maximum atomic E-state index is 10.6. The molecule has 30 heavy (non-hydrogen) atoms. The van der Waals surface area contributed by atoms with E-state index in [1.807, 2.05) is 6.20 Å². The summed E-state index contributed by atoms with van der Waals surface area (Å²) in [5, 5.41) is 15.1. The highest BCUT2D eigenvalue weighted by molar-refractivity contribution is 7.09. The molecule has 7 nitrogen and oxygen atoms in total. The zero-order valence-corrected chi connectivity index (χ0v) is 17.5. The van der Waals surface area contributed by atoms with Crippen LogP contribution < -0.4 is 0 Å². The molecule has 2 aromatic heterocycles. The molecule has 11 heteroatoms. The third kappa shape index (κ3) is 6.02. The van der Waals surface area contributed by atoms with E-state index in [4.69, 9.17) is 14.6 Å². The lowest BCUT2D eigenvalue weighted by Gasteiger charge is -2.35. The van der Waals surface area contributed by atoms with Gasteiger partial charge in [-0.15, -0.1) is 11.3 Å². The molecule has 0 spiro atoms. The molecular formula is C19H25F3N4O3S. The summed E-state index contributed by atoms with van der Waals surface area (Å²) < 4.78 is 39.8. The molecule has 1 unspecified atom stereocenters. The smallest absolute Gasteiger partial charge is 0.475 e. The largest absolute Gasteiger partial charge is 0.490 e. The van der Waals surface area contributed by atoms with Gasteiger partial charge in [0.15, 0.2) is 0 Å². The Hall–Kier alpha value is -1.98. The van der Waals surface area contributed by atoms with Gasteiger partial charge in [-0.25, -0.2) is 9.78 Å². The summed E-state index contributed by atoms with van der Waals surface area (Å²) in [6, 6.07) is 0.295. The second kappa shape index (κ2) is 9.88. The van der Waals surface area contributed by atoms with Crippen LogP contribution >= 0.6 is 11.3 Å². The number of aromatic nitrogens is 3. The van der Waals surface area contributed by atoms with Gasteiger partial charge in [-0.3, -0.25) is 9.58 Å². The number of aliphatic carboxylic acids is 1. The van der Waals surface area contributed by atoms with E-state index in [0.717, 1.165) is 45.2 Å². The van der Waals surface area contributed by atoms with Gasteiger partial charge in [-0.2, -0.15) is 18.3 Å². The van der Waals surface area contributed by atoms with Crippen molar-refractivity contribution in [2.45, 2.75) is 51.5 Å². The van der Waals surface area contributed by atoms with Crippen molar-refractivity contribution in [1.82, 2.24) is 19.7 Å². The second-order valence-electron chi connectivity index (χ2n) is 7.31. The monoisotopic (exact) mass is 446 g/mol. The van der Waals surface area contributed by atoms with Crippen LogP contribution in [0.5, 0.6) is 0 Å². The maximum absolute atomic E-state index is 10.6. The van der Waals surface area contributed by atoms with E-state index in [0.29, 0.717) is 6.04 Å². The normalized spacial score (nSPS) is 19.1. The number of rotatable bonds is 7. The zero-order chi connectivity index (χ0) is 21.7. The van der Waals surface area contributed by atoms with E-state index in [1.54, 1.807) is 11.3 Å². The number of alkyl halides is 3. The zero-order valence-electron chi connectivity index (χ0n) is 16.6. The Morgan fingerprint density at radius 2 is 2.13 bits per heavy atom. The number of hydrogen-bond acceptors (Lipinski definition) is 6. The molecule has 1 atom stereocenters. The fraction of sp³-hybridized carbons (Fsp3) is 0.632. The van der Waals surface area contributed by atoms with Crippen molar-refractivity contribution in [3.05, 3.63) is 34.0 Å². The summed E-state index contributed by atoms with van der Waals surface area (Å²) in [5.74, 6) is -1.92. The number of carbonyl (C=O) groups is 1. The highest BCUT2D eigenvalue weighted by Gasteiger charge is 2.38. The van der Waals surface area contributed by atoms with E-state index >= 15 is 0 Å². The van der Waals surface area contributed by atoms with Crippen LogP contribution in [0.1, 0.15) is 42.1 Å². The van der Waals surface area contributed by atoms with Crippen molar-refractivity contribution in [3.63, 3.8) is 0 Å². The molecule has 1 aliphatic carbocycles. The Kier molecular flexibility index (Phi) is 7.48. The number of ether oxygens (including phenoxy) is 1. The lowest BCUT2D eigenvalue weighted by atomic mass is 10.00. The standard InChI is InChI=1S/C17H24N4OS.C2HF3O2/c1-2-22-12-15-17-14(9-19-21(17)10-13-3-4-13)5-7-20(15)11-16-18-6-8-23-16;3-2(4,5)1(6)7/h6,8-9,13,15H,2-5,7,10-12H2,1H3;(H,6,7). The Balaban J connectivity index is 0.000000318. The average Bonchev–Trinajstić information content (AvgIpc) is 3.18. The van der Waals surface area contributed by atoms with Crippen LogP contribution in [0.3, 0.4) is 0 Å². The number of halogens is 3. The minimum absolute atomic E-state index is 0.295. The van der Waals surface area contributed by atoms with Crippen molar-refractivity contribution in [3.8, 4) is 0 Å². The Morgan fingerprint density at radius 1 is 1.40 bits per heavy atom. The van der Waals surface area contributed by atoms with Crippen LogP contribution in [0.2, 0.25) is 0 Å². The van der Waals surface area contributed by atoms with Gasteiger partial charge in [-0.1, -0.05) is 0 Å². The summed E-state index contributed by atoms with van der Waals surface area (Å²) in [4.78, 5) is 15.9. The average molecular weight is 446 g/mol. The predicted octanol–water partition coefficient (Wildman–Crippen LogP) is 3.52. The number of thiazole rings is 1. The molecule has 2 aliphatic rings. The van der Waals surface area contributed by atoms with Gasteiger partial charge in [0.1, 0.15) is 5.01 Å². The molecule has 0 bridgehead atoms. The van der Waals surface area contributed by atoms with Crippen LogP contribution in [0.25, 0.3) is 0 Å². The molecule has 2 aromatic rings.